The molecule has 1 saturated heterocycles. The number of hydrogen-bond donors (Lipinski definition) is 1. The monoisotopic (exact) mass is 387 g/mol. The third kappa shape index (κ3) is 2.81. The van der Waals surface area contributed by atoms with Crippen LogP contribution in [0.15, 0.2) is 47.2 Å². The summed E-state index contributed by atoms with van der Waals surface area (Å²) in [4.78, 5) is 32.0. The van der Waals surface area contributed by atoms with Gasteiger partial charge in [0.15, 0.2) is 0 Å². The van der Waals surface area contributed by atoms with Crippen molar-refractivity contribution in [2.75, 3.05) is 0 Å². The van der Waals surface area contributed by atoms with Gasteiger partial charge in [-0.25, -0.2) is 14.2 Å². The van der Waals surface area contributed by atoms with Gasteiger partial charge < -0.3 is 5.32 Å². The number of thiophene rings is 1. The van der Waals surface area contributed by atoms with Crippen molar-refractivity contribution >= 4 is 34.6 Å². The number of hydrogen-bond acceptors (Lipinski definition) is 5. The number of rotatable bonds is 4. The molecule has 1 atom stereocenters. The second-order valence-corrected chi connectivity index (χ2v) is 7.88. The first kappa shape index (κ1) is 16.9. The third-order valence-electron chi connectivity index (χ3n) is 4.30. The molecule has 5 nitrogen and oxygen atoms in total. The van der Waals surface area contributed by atoms with Crippen LogP contribution in [0.5, 0.6) is 0 Å². The van der Waals surface area contributed by atoms with Gasteiger partial charge in [0, 0.05) is 5.38 Å². The number of imide groups is 1. The summed E-state index contributed by atoms with van der Waals surface area (Å²) in [7, 11) is 0. The van der Waals surface area contributed by atoms with Crippen LogP contribution in [0.4, 0.5) is 9.18 Å². The molecule has 4 rings (SSSR count). The molecule has 26 heavy (non-hydrogen) atoms. The number of nitrogens with one attached hydrogen (secondary N) is 1. The fraction of sp³-hybridized carbons (Fsp3) is 0.167. The van der Waals surface area contributed by atoms with Crippen LogP contribution < -0.4 is 5.32 Å². The molecule has 3 amide bonds. The summed E-state index contributed by atoms with van der Waals surface area (Å²) in [5.74, 6) is -0.769. The van der Waals surface area contributed by atoms with Crippen LogP contribution in [0.25, 0.3) is 9.88 Å². The molecular formula is C18H14FN3O2S2. The van der Waals surface area contributed by atoms with Crippen molar-refractivity contribution in [2.45, 2.75) is 19.0 Å². The largest absolute Gasteiger partial charge is 0.325 e. The Morgan fingerprint density at radius 3 is 2.65 bits per heavy atom. The van der Waals surface area contributed by atoms with Crippen LogP contribution in [0.3, 0.4) is 0 Å². The first-order valence-electron chi connectivity index (χ1n) is 7.86. The topological polar surface area (TPSA) is 62.3 Å². The minimum Gasteiger partial charge on any atom is -0.319 e. The van der Waals surface area contributed by atoms with E-state index in [9.17, 15) is 14.0 Å². The zero-order valence-corrected chi connectivity index (χ0v) is 15.4. The molecule has 1 N–H and O–H groups in total. The van der Waals surface area contributed by atoms with Crippen LogP contribution in [-0.2, 0) is 16.9 Å². The Kier molecular flexibility index (Phi) is 4.08. The minimum atomic E-state index is -1.21. The molecule has 2 aromatic heterocycles. The van der Waals surface area contributed by atoms with Crippen LogP contribution in [0, 0.1) is 5.82 Å². The van der Waals surface area contributed by atoms with Crippen molar-refractivity contribution in [1.82, 2.24) is 15.2 Å². The first-order valence-corrected chi connectivity index (χ1v) is 9.62. The summed E-state index contributed by atoms with van der Waals surface area (Å²) in [5, 5.41) is 7.40. The van der Waals surface area contributed by atoms with Gasteiger partial charge in [-0.3, -0.25) is 9.69 Å². The number of halogens is 1. The molecular weight excluding hydrogens is 373 g/mol. The van der Waals surface area contributed by atoms with E-state index in [1.807, 2.05) is 22.9 Å². The summed E-state index contributed by atoms with van der Waals surface area (Å²) in [5.41, 5.74) is -0.0141. The highest BCUT2D eigenvalue weighted by atomic mass is 32.1. The maximum Gasteiger partial charge on any atom is 0.325 e. The average molecular weight is 387 g/mol. The zero-order chi connectivity index (χ0) is 18.3. The molecule has 8 heteroatoms. The second kappa shape index (κ2) is 6.30. The Morgan fingerprint density at radius 2 is 1.96 bits per heavy atom. The van der Waals surface area contributed by atoms with E-state index in [4.69, 9.17) is 0 Å². The van der Waals surface area contributed by atoms with Crippen LogP contribution >= 0.6 is 22.7 Å². The molecule has 1 fully saturated rings. The fourth-order valence-electron chi connectivity index (χ4n) is 2.87. The Hall–Kier alpha value is -2.58. The van der Waals surface area contributed by atoms with Crippen molar-refractivity contribution < 1.29 is 14.0 Å². The zero-order valence-electron chi connectivity index (χ0n) is 13.7. The number of benzene rings is 1. The standard InChI is InChI=1S/C18H14FN3O2S2/c1-18(11-4-6-12(19)7-5-11)16(23)22(17(24)21-18)9-13-10-26-15(20-13)14-3-2-8-25-14/h2-8,10H,9H2,1H3,(H,21,24). The van der Waals surface area contributed by atoms with Crippen LogP contribution in [0.2, 0.25) is 0 Å². The van der Waals surface area contributed by atoms with Crippen molar-refractivity contribution in [3.05, 3.63) is 64.2 Å². The number of thiazole rings is 1. The second-order valence-electron chi connectivity index (χ2n) is 6.07. The molecule has 0 spiro atoms. The quantitative estimate of drug-likeness (QED) is 0.689. The Labute approximate surface area is 157 Å². The highest BCUT2D eigenvalue weighted by molar-refractivity contribution is 7.20. The molecule has 0 bridgehead atoms. The molecule has 0 saturated carbocycles. The lowest BCUT2D eigenvalue weighted by Crippen LogP contribution is -2.40. The summed E-state index contributed by atoms with van der Waals surface area (Å²) < 4.78 is 13.2. The normalized spacial score (nSPS) is 19.8. The maximum absolute atomic E-state index is 13.2. The molecule has 132 valence electrons. The van der Waals surface area contributed by atoms with E-state index in [0.717, 1.165) is 14.8 Å². The number of carbonyl (C=O) groups is 2. The van der Waals surface area contributed by atoms with E-state index in [2.05, 4.69) is 10.3 Å². The lowest BCUT2D eigenvalue weighted by atomic mass is 9.92. The average Bonchev–Trinajstić information content (AvgIpc) is 3.34. The molecule has 0 aliphatic carbocycles. The predicted octanol–water partition coefficient (Wildman–Crippen LogP) is 3.98. The Bertz CT molecular complexity index is 969. The van der Waals surface area contributed by atoms with Crippen LogP contribution in [0.1, 0.15) is 18.2 Å². The van der Waals surface area contributed by atoms with Crippen molar-refractivity contribution in [2.24, 2.45) is 0 Å². The number of urea groups is 1. The predicted molar refractivity (Wildman–Crippen MR) is 98.3 cm³/mol. The van der Waals surface area contributed by atoms with Gasteiger partial charge in [0.1, 0.15) is 16.4 Å². The molecule has 1 aliphatic rings. The molecule has 0 radical (unpaired) electrons. The summed E-state index contributed by atoms with van der Waals surface area (Å²) in [6, 6.07) is 9.02. The fourth-order valence-corrected chi connectivity index (χ4v) is 4.50. The maximum atomic E-state index is 13.2. The van der Waals surface area contributed by atoms with Crippen molar-refractivity contribution in [3.63, 3.8) is 0 Å². The summed E-state index contributed by atoms with van der Waals surface area (Å²) in [6.07, 6.45) is 0. The van der Waals surface area contributed by atoms with Crippen LogP contribution in [-0.4, -0.2) is 21.8 Å². The molecule has 3 aromatic rings. The lowest BCUT2D eigenvalue weighted by molar-refractivity contribution is -0.131. The highest BCUT2D eigenvalue weighted by Gasteiger charge is 2.49. The van der Waals surface area contributed by atoms with Gasteiger partial charge in [-0.2, -0.15) is 0 Å². The third-order valence-corrected chi connectivity index (χ3v) is 6.23. The molecule has 1 aliphatic heterocycles. The summed E-state index contributed by atoms with van der Waals surface area (Å²) in [6.45, 7) is 1.72. The van der Waals surface area contributed by atoms with Gasteiger partial charge in [-0.15, -0.1) is 22.7 Å². The molecule has 1 aromatic carbocycles. The van der Waals surface area contributed by atoms with Gasteiger partial charge >= 0.3 is 6.03 Å². The van der Waals surface area contributed by atoms with Gasteiger partial charge in [0.05, 0.1) is 17.1 Å². The van der Waals surface area contributed by atoms with Gasteiger partial charge in [-0.1, -0.05) is 18.2 Å². The number of amides is 3. The SMILES string of the molecule is CC1(c2ccc(F)cc2)NC(=O)N(Cc2csc(-c3cccs3)n2)C1=O. The van der Waals surface area contributed by atoms with E-state index < -0.39 is 17.4 Å². The number of aromatic nitrogens is 1. The van der Waals surface area contributed by atoms with Crippen molar-refractivity contribution in [1.29, 1.82) is 0 Å². The van der Waals surface area contributed by atoms with E-state index >= 15 is 0 Å². The molecule has 3 heterocycles. The number of nitrogens with zero attached hydrogens (tertiary/aromatic N) is 2. The van der Waals surface area contributed by atoms with E-state index in [1.165, 1.54) is 35.6 Å². The van der Waals surface area contributed by atoms with Gasteiger partial charge in [0.25, 0.3) is 5.91 Å². The van der Waals surface area contributed by atoms with E-state index in [0.29, 0.717) is 11.3 Å². The van der Waals surface area contributed by atoms with E-state index in [-0.39, 0.29) is 12.5 Å². The molecule has 1 unspecified atom stereocenters. The first-order chi connectivity index (χ1) is 12.5. The Morgan fingerprint density at radius 1 is 1.19 bits per heavy atom. The number of carbonyl (C=O) groups excluding carboxylic acids is 2. The highest BCUT2D eigenvalue weighted by Crippen LogP contribution is 2.32. The summed E-state index contributed by atoms with van der Waals surface area (Å²) >= 11 is 3.07. The van der Waals surface area contributed by atoms with Gasteiger partial charge in [0.2, 0.25) is 0 Å². The minimum absolute atomic E-state index is 0.101. The lowest BCUT2D eigenvalue weighted by Gasteiger charge is -2.22. The van der Waals surface area contributed by atoms with Gasteiger partial charge in [-0.05, 0) is 36.1 Å². The Balaban J connectivity index is 1.57. The van der Waals surface area contributed by atoms with Crippen molar-refractivity contribution in [3.8, 4) is 9.88 Å². The van der Waals surface area contributed by atoms with E-state index in [1.54, 1.807) is 18.3 Å². The smallest absolute Gasteiger partial charge is 0.319 e.